The minimum Gasteiger partial charge on any atom is -0.480 e. The Hall–Kier alpha value is -1.26. The fraction of sp³-hybridized carbons (Fsp3) is 0.867. The van der Waals surface area contributed by atoms with Crippen LogP contribution in [0.3, 0.4) is 0 Å². The van der Waals surface area contributed by atoms with Crippen molar-refractivity contribution < 1.29 is 19.4 Å². The van der Waals surface area contributed by atoms with Crippen LogP contribution in [0.2, 0.25) is 0 Å². The number of carbonyl (C=O) groups is 2. The van der Waals surface area contributed by atoms with Gasteiger partial charge in [-0.1, -0.05) is 0 Å². The topological polar surface area (TPSA) is 66.8 Å². The molecule has 2 bridgehead atoms. The Labute approximate surface area is 119 Å². The molecule has 3 aliphatic rings. The summed E-state index contributed by atoms with van der Waals surface area (Å²) in [7, 11) is 0. The maximum atomic E-state index is 12.3. The van der Waals surface area contributed by atoms with Gasteiger partial charge in [-0.15, -0.1) is 0 Å². The Morgan fingerprint density at radius 2 is 1.85 bits per heavy atom. The monoisotopic (exact) mass is 281 g/mol. The molecule has 5 nitrogen and oxygen atoms in total. The molecule has 1 heterocycles. The summed E-state index contributed by atoms with van der Waals surface area (Å²) in [4.78, 5) is 25.4. The number of ether oxygens (including phenoxy) is 1. The lowest BCUT2D eigenvalue weighted by Gasteiger charge is -2.29. The highest BCUT2D eigenvalue weighted by atomic mass is 16.6. The van der Waals surface area contributed by atoms with Crippen LogP contribution in [0.15, 0.2) is 0 Å². The summed E-state index contributed by atoms with van der Waals surface area (Å²) in [5.41, 5.74) is -0.586. The number of hydrogen-bond donors (Lipinski definition) is 1. The first-order valence-corrected chi connectivity index (χ1v) is 7.50. The van der Waals surface area contributed by atoms with E-state index >= 15 is 0 Å². The van der Waals surface area contributed by atoms with Crippen LogP contribution in [0, 0.1) is 23.7 Å². The Kier molecular flexibility index (Phi) is 2.99. The fourth-order valence-corrected chi connectivity index (χ4v) is 4.57. The molecule has 112 valence electrons. The number of fused-ring (bicyclic) bond motifs is 5. The van der Waals surface area contributed by atoms with E-state index in [1.165, 1.54) is 11.3 Å². The number of amides is 1. The molecule has 1 N–H and O–H groups in total. The van der Waals surface area contributed by atoms with Gasteiger partial charge in [-0.05, 0) is 63.7 Å². The van der Waals surface area contributed by atoms with Crippen LogP contribution in [0.4, 0.5) is 4.79 Å². The van der Waals surface area contributed by atoms with Gasteiger partial charge < -0.3 is 9.84 Å². The number of hydrogen-bond acceptors (Lipinski definition) is 3. The average Bonchev–Trinajstić information content (AvgIpc) is 2.97. The van der Waals surface area contributed by atoms with Crippen molar-refractivity contribution in [2.24, 2.45) is 23.7 Å². The van der Waals surface area contributed by atoms with Crippen LogP contribution in [0.25, 0.3) is 0 Å². The van der Waals surface area contributed by atoms with Crippen molar-refractivity contribution in [1.29, 1.82) is 0 Å². The molecule has 0 spiro atoms. The van der Waals surface area contributed by atoms with E-state index in [9.17, 15) is 14.7 Å². The van der Waals surface area contributed by atoms with Gasteiger partial charge in [-0.3, -0.25) is 4.90 Å². The first kappa shape index (κ1) is 13.7. The van der Waals surface area contributed by atoms with Crippen molar-refractivity contribution in [2.45, 2.75) is 51.7 Å². The Balaban J connectivity index is 1.81. The first-order valence-electron chi connectivity index (χ1n) is 7.50. The predicted molar refractivity (Wildman–Crippen MR) is 72.2 cm³/mol. The van der Waals surface area contributed by atoms with Crippen molar-refractivity contribution in [3.8, 4) is 0 Å². The second kappa shape index (κ2) is 4.37. The van der Waals surface area contributed by atoms with Crippen molar-refractivity contribution in [1.82, 2.24) is 4.90 Å². The Morgan fingerprint density at radius 3 is 2.45 bits per heavy atom. The molecule has 4 unspecified atom stereocenters. The highest BCUT2D eigenvalue weighted by molar-refractivity contribution is 5.81. The van der Waals surface area contributed by atoms with E-state index in [4.69, 9.17) is 4.74 Å². The van der Waals surface area contributed by atoms with Gasteiger partial charge in [-0.2, -0.15) is 0 Å². The van der Waals surface area contributed by atoms with Crippen molar-refractivity contribution in [3.63, 3.8) is 0 Å². The van der Waals surface area contributed by atoms with Gasteiger partial charge in [0.1, 0.15) is 11.6 Å². The fourth-order valence-electron chi connectivity index (χ4n) is 4.57. The minimum absolute atomic E-state index is 0.138. The molecular formula is C15H23NO4. The summed E-state index contributed by atoms with van der Waals surface area (Å²) in [6.45, 7) is 5.97. The number of likely N-dealkylation sites (tertiary alicyclic amines) is 1. The van der Waals surface area contributed by atoms with Crippen LogP contribution < -0.4 is 0 Å². The van der Waals surface area contributed by atoms with E-state index in [2.05, 4.69) is 0 Å². The molecule has 20 heavy (non-hydrogen) atoms. The zero-order valence-electron chi connectivity index (χ0n) is 12.3. The number of carboxylic acid groups (broad SMARTS) is 1. The smallest absolute Gasteiger partial charge is 0.411 e. The zero-order chi connectivity index (χ0) is 14.7. The molecule has 0 radical (unpaired) electrons. The lowest BCUT2D eigenvalue weighted by Crippen LogP contribution is -2.46. The van der Waals surface area contributed by atoms with Crippen molar-refractivity contribution in [3.05, 3.63) is 0 Å². The summed E-state index contributed by atoms with van der Waals surface area (Å²) < 4.78 is 5.38. The summed E-state index contributed by atoms with van der Waals surface area (Å²) in [5, 5.41) is 9.56. The highest BCUT2D eigenvalue weighted by Gasteiger charge is 2.59. The molecule has 1 saturated heterocycles. The summed E-state index contributed by atoms with van der Waals surface area (Å²) >= 11 is 0. The van der Waals surface area contributed by atoms with E-state index in [1.54, 1.807) is 20.8 Å². The zero-order valence-corrected chi connectivity index (χ0v) is 12.3. The lowest BCUT2D eigenvalue weighted by atomic mass is 9.78. The molecule has 3 rings (SSSR count). The molecule has 1 amide bonds. The number of aliphatic carboxylic acids is 1. The lowest BCUT2D eigenvalue weighted by molar-refractivity contribution is -0.144. The summed E-state index contributed by atoms with van der Waals surface area (Å²) in [6, 6.07) is -0.690. The van der Waals surface area contributed by atoms with Crippen LogP contribution in [0.1, 0.15) is 40.0 Å². The average molecular weight is 281 g/mol. The third-order valence-electron chi connectivity index (χ3n) is 5.15. The maximum Gasteiger partial charge on any atom is 0.411 e. The number of rotatable bonds is 1. The van der Waals surface area contributed by atoms with E-state index < -0.39 is 23.7 Å². The highest BCUT2D eigenvalue weighted by Crippen LogP contribution is 2.57. The van der Waals surface area contributed by atoms with Gasteiger partial charge in [0, 0.05) is 6.54 Å². The van der Waals surface area contributed by atoms with Crippen LogP contribution in [0.5, 0.6) is 0 Å². The third-order valence-corrected chi connectivity index (χ3v) is 5.15. The second-order valence-corrected chi connectivity index (χ2v) is 7.49. The predicted octanol–water partition coefficient (Wildman–Crippen LogP) is 2.35. The number of nitrogens with zero attached hydrogens (tertiary/aromatic N) is 1. The van der Waals surface area contributed by atoms with E-state index in [1.807, 2.05) is 0 Å². The van der Waals surface area contributed by atoms with Crippen LogP contribution in [-0.2, 0) is 9.53 Å². The molecule has 2 aliphatic carbocycles. The molecule has 1 aliphatic heterocycles. The molecule has 0 aromatic rings. The Morgan fingerprint density at radius 1 is 1.20 bits per heavy atom. The molecule has 3 fully saturated rings. The van der Waals surface area contributed by atoms with Crippen LogP contribution in [-0.4, -0.2) is 40.3 Å². The second-order valence-electron chi connectivity index (χ2n) is 7.49. The van der Waals surface area contributed by atoms with E-state index in [0.29, 0.717) is 24.3 Å². The normalized spacial score (nSPS) is 39.0. The van der Waals surface area contributed by atoms with E-state index in [-0.39, 0.29) is 5.92 Å². The van der Waals surface area contributed by atoms with E-state index in [0.717, 1.165) is 12.8 Å². The largest absolute Gasteiger partial charge is 0.480 e. The summed E-state index contributed by atoms with van der Waals surface area (Å²) in [5.74, 6) is 0.717. The molecule has 0 aromatic carbocycles. The van der Waals surface area contributed by atoms with Gasteiger partial charge in [-0.25, -0.2) is 9.59 Å². The van der Waals surface area contributed by atoms with Crippen molar-refractivity contribution in [2.75, 3.05) is 6.54 Å². The maximum absolute atomic E-state index is 12.3. The molecule has 5 atom stereocenters. The number of carbonyl (C=O) groups excluding carboxylic acids is 1. The summed E-state index contributed by atoms with van der Waals surface area (Å²) in [6.07, 6.45) is 3.00. The molecule has 5 heteroatoms. The quantitative estimate of drug-likeness (QED) is 0.801. The SMILES string of the molecule is CC(C)(C)OC(=O)N1CC2C3CCC(C3)C2[C@H]1C(=O)O. The standard InChI is InChI=1S/C15H23NO4/c1-15(2,3)20-14(19)16-7-10-8-4-5-9(6-8)11(10)12(16)13(17)18/h8-12H,4-7H2,1-3H3,(H,17,18)/t8?,9?,10?,11?,12-/m0/s1. The minimum atomic E-state index is -0.879. The van der Waals surface area contributed by atoms with Gasteiger partial charge in [0.2, 0.25) is 0 Å². The molecule has 2 saturated carbocycles. The van der Waals surface area contributed by atoms with Crippen molar-refractivity contribution >= 4 is 12.1 Å². The van der Waals surface area contributed by atoms with Gasteiger partial charge in [0.25, 0.3) is 0 Å². The Bertz CT molecular complexity index is 442. The van der Waals surface area contributed by atoms with Crippen LogP contribution >= 0.6 is 0 Å². The van der Waals surface area contributed by atoms with Gasteiger partial charge in [0.05, 0.1) is 0 Å². The van der Waals surface area contributed by atoms with Gasteiger partial charge >= 0.3 is 12.1 Å². The number of carboxylic acids is 1. The molecular weight excluding hydrogens is 258 g/mol. The molecule has 0 aromatic heterocycles. The first-order chi connectivity index (χ1) is 9.28. The van der Waals surface area contributed by atoms with Gasteiger partial charge in [0.15, 0.2) is 0 Å². The third kappa shape index (κ3) is 2.07.